The van der Waals surface area contributed by atoms with E-state index in [1.807, 2.05) is 74.2 Å². The predicted molar refractivity (Wildman–Crippen MR) is 107 cm³/mol. The molecule has 0 aliphatic heterocycles. The van der Waals surface area contributed by atoms with E-state index in [9.17, 15) is 4.79 Å². The van der Waals surface area contributed by atoms with Gasteiger partial charge in [-0.1, -0.05) is 22.9 Å². The van der Waals surface area contributed by atoms with E-state index in [0.717, 1.165) is 16.9 Å². The molecule has 0 atom stereocenters. The summed E-state index contributed by atoms with van der Waals surface area (Å²) < 4.78 is 10.5. The quantitative estimate of drug-likeness (QED) is 0.617. The zero-order valence-electron chi connectivity index (χ0n) is 16.7. The molecule has 0 aliphatic carbocycles. The zero-order valence-corrected chi connectivity index (χ0v) is 16.7. The number of aromatic nitrogens is 2. The van der Waals surface area contributed by atoms with Gasteiger partial charge in [0.15, 0.2) is 0 Å². The summed E-state index contributed by atoms with van der Waals surface area (Å²) in [7, 11) is 1.62. The highest BCUT2D eigenvalue weighted by atomic mass is 16.5. The van der Waals surface area contributed by atoms with Gasteiger partial charge in [-0.2, -0.15) is 4.98 Å². The van der Waals surface area contributed by atoms with E-state index in [1.54, 1.807) is 7.11 Å². The van der Waals surface area contributed by atoms with Crippen LogP contribution in [0.4, 0.5) is 0 Å². The Morgan fingerprint density at radius 3 is 2.39 bits per heavy atom. The molecule has 6 heteroatoms. The van der Waals surface area contributed by atoms with E-state index >= 15 is 0 Å². The minimum absolute atomic E-state index is 0.00453. The molecule has 3 aromatic rings. The summed E-state index contributed by atoms with van der Waals surface area (Å²) in [6.45, 7) is 6.52. The minimum atomic E-state index is 0.00453. The van der Waals surface area contributed by atoms with Crippen molar-refractivity contribution < 1.29 is 14.1 Å². The maximum Gasteiger partial charge on any atom is 0.254 e. The molecule has 0 spiro atoms. The predicted octanol–water partition coefficient (Wildman–Crippen LogP) is 4.15. The Bertz CT molecular complexity index is 915. The highest BCUT2D eigenvalue weighted by Gasteiger charge is 2.20. The molecule has 1 heterocycles. The smallest absolute Gasteiger partial charge is 0.254 e. The minimum Gasteiger partial charge on any atom is -0.497 e. The van der Waals surface area contributed by atoms with E-state index in [0.29, 0.717) is 30.2 Å². The molecule has 0 radical (unpaired) electrons. The molecule has 0 N–H and O–H groups in total. The number of benzene rings is 2. The number of amides is 1. The maximum atomic E-state index is 12.9. The van der Waals surface area contributed by atoms with Crippen molar-refractivity contribution >= 4 is 5.91 Å². The van der Waals surface area contributed by atoms with E-state index < -0.39 is 0 Å². The highest BCUT2D eigenvalue weighted by Crippen LogP contribution is 2.20. The molecule has 0 saturated carbocycles. The zero-order chi connectivity index (χ0) is 20.1. The molecule has 146 valence electrons. The summed E-state index contributed by atoms with van der Waals surface area (Å²) in [6, 6.07) is 15.2. The van der Waals surface area contributed by atoms with Gasteiger partial charge in [-0.3, -0.25) is 4.79 Å². The molecule has 0 fully saturated rings. The molecule has 6 nitrogen and oxygen atoms in total. The van der Waals surface area contributed by atoms with Gasteiger partial charge in [0.1, 0.15) is 5.75 Å². The van der Waals surface area contributed by atoms with Gasteiger partial charge in [-0.05, 0) is 57.2 Å². The monoisotopic (exact) mass is 379 g/mol. The number of ether oxygens (including phenoxy) is 1. The van der Waals surface area contributed by atoms with Crippen molar-refractivity contribution in [3.05, 3.63) is 65.5 Å². The molecule has 1 aromatic heterocycles. The Morgan fingerprint density at radius 2 is 1.79 bits per heavy atom. The van der Waals surface area contributed by atoms with Crippen LogP contribution in [0.15, 0.2) is 53.1 Å². The summed E-state index contributed by atoms with van der Waals surface area (Å²) in [6.07, 6.45) is 0.499. The number of aryl methyl sites for hydroxylation is 1. The Balaban J connectivity index is 1.67. The van der Waals surface area contributed by atoms with E-state index in [4.69, 9.17) is 9.26 Å². The van der Waals surface area contributed by atoms with Gasteiger partial charge in [0.2, 0.25) is 11.7 Å². The lowest BCUT2D eigenvalue weighted by molar-refractivity contribution is 0.0704. The second kappa shape index (κ2) is 8.69. The second-order valence-electron chi connectivity index (χ2n) is 6.95. The van der Waals surface area contributed by atoms with Gasteiger partial charge >= 0.3 is 0 Å². The standard InChI is InChI=1S/C22H25N3O3/c1-15(2)25(22(26)18-7-5-16(3)6-8-18)14-13-20-23-21(24-28-20)17-9-11-19(27-4)12-10-17/h5-12,15H,13-14H2,1-4H3. The van der Waals surface area contributed by atoms with Gasteiger partial charge in [0.05, 0.1) is 7.11 Å². The third-order valence-corrected chi connectivity index (χ3v) is 4.57. The first-order valence-corrected chi connectivity index (χ1v) is 9.32. The first kappa shape index (κ1) is 19.6. The van der Waals surface area contributed by atoms with Crippen molar-refractivity contribution in [3.8, 4) is 17.1 Å². The molecular weight excluding hydrogens is 354 g/mol. The normalized spacial score (nSPS) is 10.9. The van der Waals surface area contributed by atoms with Crippen LogP contribution < -0.4 is 4.74 Å². The first-order valence-electron chi connectivity index (χ1n) is 9.32. The topological polar surface area (TPSA) is 68.5 Å². The van der Waals surface area contributed by atoms with E-state index in [2.05, 4.69) is 10.1 Å². The van der Waals surface area contributed by atoms with Crippen LogP contribution in [-0.4, -0.2) is 40.6 Å². The summed E-state index contributed by atoms with van der Waals surface area (Å²) in [5.41, 5.74) is 2.67. The van der Waals surface area contributed by atoms with Crippen LogP contribution in [0.25, 0.3) is 11.4 Å². The molecule has 2 aromatic carbocycles. The fourth-order valence-corrected chi connectivity index (χ4v) is 2.89. The highest BCUT2D eigenvalue weighted by molar-refractivity contribution is 5.94. The molecule has 28 heavy (non-hydrogen) atoms. The van der Waals surface area contributed by atoms with Crippen LogP contribution in [0.2, 0.25) is 0 Å². The molecule has 0 unspecified atom stereocenters. The Labute approximate surface area is 165 Å². The van der Waals surface area contributed by atoms with Crippen LogP contribution >= 0.6 is 0 Å². The largest absolute Gasteiger partial charge is 0.497 e. The summed E-state index contributed by atoms with van der Waals surface area (Å²) in [5.74, 6) is 1.81. The number of rotatable bonds is 7. The Morgan fingerprint density at radius 1 is 1.11 bits per heavy atom. The Kier molecular flexibility index (Phi) is 6.09. The number of methoxy groups -OCH3 is 1. The molecule has 1 amide bonds. The van der Waals surface area contributed by atoms with Gasteiger partial charge in [-0.25, -0.2) is 0 Å². The summed E-state index contributed by atoms with van der Waals surface area (Å²) in [4.78, 5) is 19.1. The lowest BCUT2D eigenvalue weighted by Crippen LogP contribution is -2.38. The summed E-state index contributed by atoms with van der Waals surface area (Å²) in [5, 5.41) is 4.05. The van der Waals surface area contributed by atoms with Crippen LogP contribution in [-0.2, 0) is 6.42 Å². The van der Waals surface area contributed by atoms with Crippen LogP contribution in [0.3, 0.4) is 0 Å². The third-order valence-electron chi connectivity index (χ3n) is 4.57. The summed E-state index contributed by atoms with van der Waals surface area (Å²) >= 11 is 0. The second-order valence-corrected chi connectivity index (χ2v) is 6.95. The number of carbonyl (C=O) groups is 1. The molecule has 0 bridgehead atoms. The first-order chi connectivity index (χ1) is 13.5. The van der Waals surface area contributed by atoms with Gasteiger partial charge < -0.3 is 14.2 Å². The van der Waals surface area contributed by atoms with Crippen LogP contribution in [0.1, 0.15) is 35.7 Å². The van der Waals surface area contributed by atoms with Crippen molar-refractivity contribution in [1.29, 1.82) is 0 Å². The molecule has 0 saturated heterocycles. The number of carbonyl (C=O) groups excluding carboxylic acids is 1. The van der Waals surface area contributed by atoms with E-state index in [1.165, 1.54) is 0 Å². The Hall–Kier alpha value is -3.15. The van der Waals surface area contributed by atoms with Crippen LogP contribution in [0, 0.1) is 6.92 Å². The molecule has 0 aliphatic rings. The van der Waals surface area contributed by atoms with Gasteiger partial charge in [0.25, 0.3) is 5.91 Å². The fourth-order valence-electron chi connectivity index (χ4n) is 2.89. The number of hydrogen-bond donors (Lipinski definition) is 0. The SMILES string of the molecule is COc1ccc(-c2noc(CCN(C(=O)c3ccc(C)cc3)C(C)C)n2)cc1. The molecular formula is C22H25N3O3. The van der Waals surface area contributed by atoms with Crippen molar-refractivity contribution in [2.75, 3.05) is 13.7 Å². The van der Waals surface area contributed by atoms with Crippen molar-refractivity contribution in [2.45, 2.75) is 33.2 Å². The van der Waals surface area contributed by atoms with Crippen molar-refractivity contribution in [1.82, 2.24) is 15.0 Å². The fraction of sp³-hybridized carbons (Fsp3) is 0.318. The van der Waals surface area contributed by atoms with E-state index in [-0.39, 0.29) is 11.9 Å². The maximum absolute atomic E-state index is 12.9. The van der Waals surface area contributed by atoms with Gasteiger partial charge in [-0.15, -0.1) is 0 Å². The number of hydrogen-bond acceptors (Lipinski definition) is 5. The van der Waals surface area contributed by atoms with Crippen molar-refractivity contribution in [3.63, 3.8) is 0 Å². The molecule has 3 rings (SSSR count). The lowest BCUT2D eigenvalue weighted by atomic mass is 10.1. The third kappa shape index (κ3) is 4.57. The average molecular weight is 379 g/mol. The van der Waals surface area contributed by atoms with Crippen LogP contribution in [0.5, 0.6) is 5.75 Å². The van der Waals surface area contributed by atoms with Crippen molar-refractivity contribution in [2.24, 2.45) is 0 Å². The number of nitrogens with zero attached hydrogens (tertiary/aromatic N) is 3. The average Bonchev–Trinajstić information content (AvgIpc) is 3.17. The van der Waals surface area contributed by atoms with Gasteiger partial charge in [0, 0.05) is 30.1 Å². The lowest BCUT2D eigenvalue weighted by Gasteiger charge is -2.26.